The molecule has 27 heavy (non-hydrogen) atoms. The normalized spacial score (nSPS) is 16.9. The second-order valence-corrected chi connectivity index (χ2v) is 9.95. The number of carbonyl (C=O) groups is 1. The molecule has 152 valence electrons. The minimum atomic E-state index is -3.66. The van der Waals surface area contributed by atoms with Crippen LogP contribution in [0.15, 0.2) is 23.1 Å². The molecule has 1 heterocycles. The Kier molecular flexibility index (Phi) is 7.68. The Bertz CT molecular complexity index is 759. The topological polar surface area (TPSA) is 69.7 Å². The van der Waals surface area contributed by atoms with E-state index in [-0.39, 0.29) is 27.4 Å². The highest BCUT2D eigenvalue weighted by Gasteiger charge is 2.25. The summed E-state index contributed by atoms with van der Waals surface area (Å²) in [7, 11) is -0.0173. The summed E-state index contributed by atoms with van der Waals surface area (Å²) < 4.78 is 26.6. The van der Waals surface area contributed by atoms with Crippen molar-refractivity contribution in [2.45, 2.75) is 44.0 Å². The Morgan fingerprint density at radius 3 is 2.56 bits per heavy atom. The largest absolute Gasteiger partial charge is 0.352 e. The molecule has 1 saturated heterocycles. The first kappa shape index (κ1) is 22.1. The third kappa shape index (κ3) is 5.67. The van der Waals surface area contributed by atoms with Gasteiger partial charge in [0.15, 0.2) is 0 Å². The highest BCUT2D eigenvalue weighted by Crippen LogP contribution is 2.24. The summed E-state index contributed by atoms with van der Waals surface area (Å²) >= 11 is 6.15. The number of rotatable bonds is 7. The molecule has 0 aromatic heterocycles. The predicted molar refractivity (Wildman–Crippen MR) is 109 cm³/mol. The predicted octanol–water partition coefficient (Wildman–Crippen LogP) is 2.83. The zero-order valence-corrected chi connectivity index (χ0v) is 18.1. The number of piperidine rings is 1. The Balaban J connectivity index is 2.03. The maximum absolute atomic E-state index is 12.7. The zero-order chi connectivity index (χ0) is 20.2. The summed E-state index contributed by atoms with van der Waals surface area (Å²) in [5.41, 5.74) is 0.193. The van der Waals surface area contributed by atoms with Crippen molar-refractivity contribution in [1.29, 1.82) is 0 Å². The van der Waals surface area contributed by atoms with E-state index in [1.54, 1.807) is 13.8 Å². The molecule has 0 aliphatic carbocycles. The Hall–Kier alpha value is -1.15. The lowest BCUT2D eigenvalue weighted by Gasteiger charge is -2.28. The Labute approximate surface area is 167 Å². The number of nitrogens with zero attached hydrogens (tertiary/aromatic N) is 2. The minimum absolute atomic E-state index is 0.0727. The number of carbonyl (C=O) groups excluding carboxylic acids is 1. The molecular formula is C19H30ClN3O3S. The molecule has 1 N–H and O–H groups in total. The van der Waals surface area contributed by atoms with Gasteiger partial charge in [0, 0.05) is 19.6 Å². The third-order valence-corrected chi connectivity index (χ3v) is 7.62. The molecule has 8 heteroatoms. The van der Waals surface area contributed by atoms with E-state index in [4.69, 9.17) is 11.6 Å². The van der Waals surface area contributed by atoms with Crippen LogP contribution in [0, 0.1) is 5.92 Å². The number of halogens is 1. The fraction of sp³-hybridized carbons (Fsp3) is 0.632. The van der Waals surface area contributed by atoms with Gasteiger partial charge in [-0.25, -0.2) is 8.42 Å². The van der Waals surface area contributed by atoms with Crippen LogP contribution in [-0.2, 0) is 10.0 Å². The van der Waals surface area contributed by atoms with Crippen LogP contribution in [-0.4, -0.2) is 63.3 Å². The van der Waals surface area contributed by atoms with Gasteiger partial charge in [-0.2, -0.15) is 4.31 Å². The SMILES string of the molecule is CC(C)N(C)S(=O)(=O)c1ccc(Cl)c(C(=O)NCCC2CCN(C)CC2)c1. The highest BCUT2D eigenvalue weighted by atomic mass is 35.5. The van der Waals surface area contributed by atoms with Gasteiger partial charge in [-0.05, 0) is 77.4 Å². The van der Waals surface area contributed by atoms with Crippen LogP contribution >= 0.6 is 11.6 Å². The van der Waals surface area contributed by atoms with E-state index in [1.165, 1.54) is 29.6 Å². The summed E-state index contributed by atoms with van der Waals surface area (Å²) in [6, 6.07) is 4.08. The number of nitrogens with one attached hydrogen (secondary N) is 1. The lowest BCUT2D eigenvalue weighted by molar-refractivity contribution is 0.0949. The van der Waals surface area contributed by atoms with E-state index >= 15 is 0 Å². The summed E-state index contributed by atoms with van der Waals surface area (Å²) in [4.78, 5) is 14.9. The standard InChI is InChI=1S/C19H30ClN3O3S/c1-14(2)23(4)27(25,26)16-5-6-18(20)17(13-16)19(24)21-10-7-15-8-11-22(3)12-9-15/h5-6,13-15H,7-12H2,1-4H3,(H,21,24). The molecule has 1 amide bonds. The molecular weight excluding hydrogens is 386 g/mol. The Morgan fingerprint density at radius 1 is 1.33 bits per heavy atom. The van der Waals surface area contributed by atoms with Crippen molar-refractivity contribution in [2.75, 3.05) is 33.7 Å². The van der Waals surface area contributed by atoms with Gasteiger partial charge in [0.25, 0.3) is 5.91 Å². The van der Waals surface area contributed by atoms with Gasteiger partial charge in [0.1, 0.15) is 0 Å². The molecule has 1 fully saturated rings. The highest BCUT2D eigenvalue weighted by molar-refractivity contribution is 7.89. The number of likely N-dealkylation sites (tertiary alicyclic amines) is 1. The third-order valence-electron chi connectivity index (χ3n) is 5.26. The van der Waals surface area contributed by atoms with Crippen molar-refractivity contribution in [3.63, 3.8) is 0 Å². The van der Waals surface area contributed by atoms with Gasteiger partial charge in [-0.1, -0.05) is 11.6 Å². The van der Waals surface area contributed by atoms with Crippen LogP contribution < -0.4 is 5.32 Å². The van der Waals surface area contributed by atoms with Crippen LogP contribution in [0.4, 0.5) is 0 Å². The monoisotopic (exact) mass is 415 g/mol. The lowest BCUT2D eigenvalue weighted by Crippen LogP contribution is -2.34. The van der Waals surface area contributed by atoms with Crippen molar-refractivity contribution >= 4 is 27.5 Å². The average Bonchev–Trinajstić information content (AvgIpc) is 2.62. The molecule has 1 aromatic carbocycles. The van der Waals surface area contributed by atoms with Crippen LogP contribution in [0.3, 0.4) is 0 Å². The average molecular weight is 416 g/mol. The van der Waals surface area contributed by atoms with Crippen molar-refractivity contribution in [1.82, 2.24) is 14.5 Å². The molecule has 0 atom stereocenters. The van der Waals surface area contributed by atoms with E-state index in [0.29, 0.717) is 12.5 Å². The number of hydrogen-bond acceptors (Lipinski definition) is 4. The molecule has 6 nitrogen and oxygen atoms in total. The van der Waals surface area contributed by atoms with E-state index in [1.807, 2.05) is 0 Å². The fourth-order valence-corrected chi connectivity index (χ4v) is 4.72. The van der Waals surface area contributed by atoms with E-state index < -0.39 is 10.0 Å². The van der Waals surface area contributed by atoms with Crippen molar-refractivity contribution in [3.05, 3.63) is 28.8 Å². The Morgan fingerprint density at radius 2 is 1.96 bits per heavy atom. The molecule has 0 radical (unpaired) electrons. The molecule has 1 aliphatic heterocycles. The maximum Gasteiger partial charge on any atom is 0.252 e. The number of sulfonamides is 1. The second-order valence-electron chi connectivity index (χ2n) is 7.55. The number of hydrogen-bond donors (Lipinski definition) is 1. The first-order valence-electron chi connectivity index (χ1n) is 9.37. The van der Waals surface area contributed by atoms with E-state index in [0.717, 1.165) is 32.4 Å². The number of amides is 1. The first-order chi connectivity index (χ1) is 12.6. The molecule has 1 aliphatic rings. The van der Waals surface area contributed by atoms with Gasteiger partial charge < -0.3 is 10.2 Å². The molecule has 1 aromatic rings. The lowest BCUT2D eigenvalue weighted by atomic mass is 9.94. The van der Waals surface area contributed by atoms with Crippen LogP contribution in [0.1, 0.15) is 43.5 Å². The molecule has 0 unspecified atom stereocenters. The summed E-state index contributed by atoms with van der Waals surface area (Å²) in [5.74, 6) is 0.278. The van der Waals surface area contributed by atoms with Crippen molar-refractivity contribution < 1.29 is 13.2 Å². The van der Waals surface area contributed by atoms with Crippen LogP contribution in [0.25, 0.3) is 0 Å². The zero-order valence-electron chi connectivity index (χ0n) is 16.5. The van der Waals surface area contributed by atoms with Crippen molar-refractivity contribution in [3.8, 4) is 0 Å². The molecule has 0 saturated carbocycles. The number of benzene rings is 1. The molecule has 0 spiro atoms. The van der Waals surface area contributed by atoms with Gasteiger partial charge in [-0.3, -0.25) is 4.79 Å². The van der Waals surface area contributed by atoms with Gasteiger partial charge >= 0.3 is 0 Å². The summed E-state index contributed by atoms with van der Waals surface area (Å²) in [6.45, 7) is 6.34. The summed E-state index contributed by atoms with van der Waals surface area (Å²) in [5, 5.41) is 3.13. The quantitative estimate of drug-likeness (QED) is 0.743. The van der Waals surface area contributed by atoms with Gasteiger partial charge in [0.2, 0.25) is 10.0 Å². The maximum atomic E-state index is 12.7. The molecule has 0 bridgehead atoms. The summed E-state index contributed by atoms with van der Waals surface area (Å²) in [6.07, 6.45) is 3.20. The smallest absolute Gasteiger partial charge is 0.252 e. The minimum Gasteiger partial charge on any atom is -0.352 e. The second kappa shape index (κ2) is 9.37. The fourth-order valence-electron chi connectivity index (χ4n) is 3.12. The van der Waals surface area contributed by atoms with Gasteiger partial charge in [-0.15, -0.1) is 0 Å². The van der Waals surface area contributed by atoms with Crippen molar-refractivity contribution in [2.24, 2.45) is 5.92 Å². The van der Waals surface area contributed by atoms with E-state index in [2.05, 4.69) is 17.3 Å². The molecule has 2 rings (SSSR count). The van der Waals surface area contributed by atoms with Crippen LogP contribution in [0.5, 0.6) is 0 Å². The van der Waals surface area contributed by atoms with E-state index in [9.17, 15) is 13.2 Å². The van der Waals surface area contributed by atoms with Crippen LogP contribution in [0.2, 0.25) is 5.02 Å². The van der Waals surface area contributed by atoms with Gasteiger partial charge in [0.05, 0.1) is 15.5 Å². The first-order valence-corrected chi connectivity index (χ1v) is 11.2.